The minimum absolute atomic E-state index is 0.00597. The van der Waals surface area contributed by atoms with E-state index in [-0.39, 0.29) is 5.56 Å². The highest BCUT2D eigenvalue weighted by Gasteiger charge is 2.27. The lowest BCUT2D eigenvalue weighted by Crippen LogP contribution is -2.30. The van der Waals surface area contributed by atoms with Crippen molar-refractivity contribution >= 4 is 61.4 Å². The molecule has 0 N–H and O–H groups in total. The molecule has 0 spiro atoms. The van der Waals surface area contributed by atoms with Gasteiger partial charge in [-0.3, -0.25) is 4.79 Å². The van der Waals surface area contributed by atoms with Crippen LogP contribution in [0, 0.1) is 0 Å². The summed E-state index contributed by atoms with van der Waals surface area (Å²) in [7, 11) is 0. The first-order chi connectivity index (χ1) is 12.2. The van der Waals surface area contributed by atoms with Crippen molar-refractivity contribution < 1.29 is 0 Å². The van der Waals surface area contributed by atoms with Crippen molar-refractivity contribution in [2.45, 2.75) is 11.8 Å². The molecular weight excluding hydrogens is 374 g/mol. The van der Waals surface area contributed by atoms with E-state index >= 15 is 0 Å². The smallest absolute Gasteiger partial charge is 0.277 e. The summed E-state index contributed by atoms with van der Waals surface area (Å²) in [6.07, 6.45) is 0. The Hall–Kier alpha value is -2.02. The molecule has 5 rings (SSSR count). The summed E-state index contributed by atoms with van der Waals surface area (Å²) in [6, 6.07) is 13.6. The lowest BCUT2D eigenvalue weighted by atomic mass is 10.3. The lowest BCUT2D eigenvalue weighted by Gasteiger charge is -2.17. The molecule has 0 saturated carbocycles. The van der Waals surface area contributed by atoms with Gasteiger partial charge in [0.05, 0.1) is 16.7 Å². The zero-order chi connectivity index (χ0) is 17.1. The maximum atomic E-state index is 13.1. The van der Waals surface area contributed by atoms with Crippen LogP contribution in [0.25, 0.3) is 21.0 Å². The van der Waals surface area contributed by atoms with E-state index in [4.69, 9.17) is 11.6 Å². The Bertz CT molecular complexity index is 1260. The van der Waals surface area contributed by atoms with Crippen LogP contribution in [0.15, 0.2) is 52.2 Å². The van der Waals surface area contributed by atoms with E-state index in [1.165, 1.54) is 11.3 Å². The molecule has 0 atom stereocenters. The number of nitrogens with zero attached hydrogens (tertiary/aromatic N) is 3. The molecule has 4 aromatic rings. The molecule has 3 heterocycles. The van der Waals surface area contributed by atoms with E-state index in [2.05, 4.69) is 16.8 Å². The first kappa shape index (κ1) is 15.3. The summed E-state index contributed by atoms with van der Waals surface area (Å²) in [5.74, 6) is 0. The topological polar surface area (TPSA) is 37.6 Å². The molecule has 2 aromatic carbocycles. The molecule has 4 nitrogen and oxygen atoms in total. The van der Waals surface area contributed by atoms with E-state index in [0.717, 1.165) is 42.7 Å². The number of hydrogen-bond donors (Lipinski definition) is 0. The number of benzene rings is 2. The molecule has 0 amide bonds. The first-order valence-electron chi connectivity index (χ1n) is 7.86. The summed E-state index contributed by atoms with van der Waals surface area (Å²) < 4.78 is 2.44. The predicted molar refractivity (Wildman–Crippen MR) is 106 cm³/mol. The number of imidazole rings is 1. The molecule has 2 aromatic heterocycles. The van der Waals surface area contributed by atoms with E-state index in [1.54, 1.807) is 16.2 Å². The van der Waals surface area contributed by atoms with Gasteiger partial charge in [0.2, 0.25) is 0 Å². The fourth-order valence-corrected chi connectivity index (χ4v) is 5.71. The van der Waals surface area contributed by atoms with Gasteiger partial charge in [-0.2, -0.15) is 0 Å². The Balaban J connectivity index is 1.83. The molecule has 0 saturated heterocycles. The van der Waals surface area contributed by atoms with Gasteiger partial charge in [-0.15, -0.1) is 0 Å². The van der Waals surface area contributed by atoms with Crippen LogP contribution in [0.2, 0.25) is 5.02 Å². The Morgan fingerprint density at radius 2 is 2.04 bits per heavy atom. The van der Waals surface area contributed by atoms with Crippen molar-refractivity contribution in [2.24, 2.45) is 0 Å². The van der Waals surface area contributed by atoms with Gasteiger partial charge >= 0.3 is 0 Å². The van der Waals surface area contributed by atoms with Gasteiger partial charge in [0.25, 0.3) is 5.56 Å². The Kier molecular flexibility index (Phi) is 3.35. The van der Waals surface area contributed by atoms with Crippen LogP contribution in [-0.2, 0) is 0 Å². The van der Waals surface area contributed by atoms with Crippen LogP contribution in [0.3, 0.4) is 0 Å². The highest BCUT2D eigenvalue weighted by atomic mass is 35.5. The third-order valence-corrected chi connectivity index (χ3v) is 6.87. The second kappa shape index (κ2) is 5.49. The third kappa shape index (κ3) is 2.14. The fraction of sp³-hybridized carbons (Fsp3) is 0.111. The largest absolute Gasteiger partial charge is 0.334 e. The number of para-hydroxylation sites is 2. The average Bonchev–Trinajstić information content (AvgIpc) is 3.24. The number of thioether (sulfide) groups is 1. The van der Waals surface area contributed by atoms with Gasteiger partial charge in [-0.05, 0) is 37.3 Å². The number of aromatic nitrogens is 2. The molecule has 0 radical (unpaired) electrons. The van der Waals surface area contributed by atoms with Crippen LogP contribution in [0.4, 0.5) is 5.69 Å². The molecular formula is C18H12ClN3OS2. The van der Waals surface area contributed by atoms with Gasteiger partial charge in [-0.25, -0.2) is 9.38 Å². The van der Waals surface area contributed by atoms with E-state index in [1.807, 2.05) is 42.5 Å². The molecule has 7 heteroatoms. The third-order valence-electron chi connectivity index (χ3n) is 4.29. The molecule has 1 aliphatic rings. The SMILES string of the molecule is CCN1C(=c2sc3nc4ccccc4n3c2=O)Sc2ccc(Cl)cc21. The van der Waals surface area contributed by atoms with Gasteiger partial charge in [0.1, 0.15) is 9.56 Å². The maximum absolute atomic E-state index is 13.1. The number of hydrogen-bond acceptors (Lipinski definition) is 5. The van der Waals surface area contributed by atoms with Crippen LogP contribution in [-0.4, -0.2) is 15.9 Å². The number of thiazole rings is 1. The summed E-state index contributed by atoms with van der Waals surface area (Å²) >= 11 is 9.23. The lowest BCUT2D eigenvalue weighted by molar-refractivity contribution is 1.04. The minimum atomic E-state index is -0.00597. The standard InChI is InChI=1S/C18H12ClN3OS2/c1-2-21-13-9-10(19)7-8-14(13)24-17(21)15-16(23)22-12-6-4-3-5-11(12)20-18(22)25-15/h3-9H,2H2,1H3. The highest BCUT2D eigenvalue weighted by Crippen LogP contribution is 2.47. The van der Waals surface area contributed by atoms with Crippen molar-refractivity contribution in [2.75, 3.05) is 11.4 Å². The van der Waals surface area contributed by atoms with Gasteiger partial charge in [0.15, 0.2) is 4.96 Å². The summed E-state index contributed by atoms with van der Waals surface area (Å²) in [5.41, 5.74) is 2.76. The molecule has 0 fully saturated rings. The molecule has 124 valence electrons. The molecule has 25 heavy (non-hydrogen) atoms. The minimum Gasteiger partial charge on any atom is -0.334 e. The van der Waals surface area contributed by atoms with Gasteiger partial charge < -0.3 is 4.90 Å². The van der Waals surface area contributed by atoms with Crippen molar-refractivity contribution in [3.63, 3.8) is 0 Å². The fourth-order valence-electron chi connectivity index (χ4n) is 3.18. The first-order valence-corrected chi connectivity index (χ1v) is 9.87. The zero-order valence-corrected chi connectivity index (χ0v) is 15.6. The average molecular weight is 386 g/mol. The monoisotopic (exact) mass is 385 g/mol. The second-order valence-corrected chi connectivity index (χ2v) is 8.16. The summed E-state index contributed by atoms with van der Waals surface area (Å²) in [5, 5.41) is 1.66. The molecule has 1 aliphatic heterocycles. The van der Waals surface area contributed by atoms with Gasteiger partial charge in [0, 0.05) is 16.5 Å². The summed E-state index contributed by atoms with van der Waals surface area (Å²) in [4.78, 5) is 21.7. The van der Waals surface area contributed by atoms with Crippen molar-refractivity contribution in [1.29, 1.82) is 0 Å². The normalized spacial score (nSPS) is 16.2. The van der Waals surface area contributed by atoms with E-state index in [0.29, 0.717) is 5.02 Å². The molecule has 0 unspecified atom stereocenters. The number of halogens is 1. The number of rotatable bonds is 1. The van der Waals surface area contributed by atoms with Crippen LogP contribution in [0.1, 0.15) is 6.92 Å². The Labute approximate surface area is 156 Å². The van der Waals surface area contributed by atoms with Crippen LogP contribution in [0.5, 0.6) is 0 Å². The van der Waals surface area contributed by atoms with Gasteiger partial charge in [-0.1, -0.05) is 46.8 Å². The molecule has 0 bridgehead atoms. The zero-order valence-electron chi connectivity index (χ0n) is 13.2. The molecule has 0 aliphatic carbocycles. The Morgan fingerprint density at radius 1 is 1.20 bits per heavy atom. The van der Waals surface area contributed by atoms with Crippen LogP contribution >= 0.6 is 34.7 Å². The van der Waals surface area contributed by atoms with Crippen LogP contribution < -0.4 is 15.0 Å². The Morgan fingerprint density at radius 3 is 2.88 bits per heavy atom. The predicted octanol–water partition coefficient (Wildman–Crippen LogP) is 3.98. The van der Waals surface area contributed by atoms with Crippen molar-refractivity contribution in [3.8, 4) is 0 Å². The van der Waals surface area contributed by atoms with Crippen molar-refractivity contribution in [1.82, 2.24) is 9.38 Å². The maximum Gasteiger partial charge on any atom is 0.277 e. The quantitative estimate of drug-likeness (QED) is 0.496. The highest BCUT2D eigenvalue weighted by molar-refractivity contribution is 8.08. The number of fused-ring (bicyclic) bond motifs is 4. The van der Waals surface area contributed by atoms with Crippen molar-refractivity contribution in [3.05, 3.63) is 62.4 Å². The summed E-state index contributed by atoms with van der Waals surface area (Å²) in [6.45, 7) is 2.85. The van der Waals surface area contributed by atoms with E-state index < -0.39 is 0 Å². The number of anilines is 1. The second-order valence-electron chi connectivity index (χ2n) is 5.72. The van der Waals surface area contributed by atoms with E-state index in [9.17, 15) is 4.79 Å².